The summed E-state index contributed by atoms with van der Waals surface area (Å²) in [7, 11) is 0. The molecule has 2 aromatic carbocycles. The number of nitro benzene ring substituents is 1. The van der Waals surface area contributed by atoms with E-state index in [-0.39, 0.29) is 5.69 Å². The fourth-order valence-electron chi connectivity index (χ4n) is 3.39. The highest BCUT2D eigenvalue weighted by Gasteiger charge is 2.24. The highest BCUT2D eigenvalue weighted by atomic mass is 16.6. The summed E-state index contributed by atoms with van der Waals surface area (Å²) >= 11 is 0. The molecule has 3 aromatic rings. The molecule has 0 atom stereocenters. The predicted octanol–water partition coefficient (Wildman–Crippen LogP) is 5.89. The fraction of sp³-hybridized carbons (Fsp3) is 0.333. The van der Waals surface area contributed by atoms with Gasteiger partial charge in [0.1, 0.15) is 22.8 Å². The second kappa shape index (κ2) is 8.82. The van der Waals surface area contributed by atoms with Gasteiger partial charge in [-0.25, -0.2) is 9.78 Å². The van der Waals surface area contributed by atoms with E-state index in [1.54, 1.807) is 51.2 Å². The number of pyridine rings is 1. The molecule has 1 amide bonds. The first kappa shape index (κ1) is 23.0. The molecule has 0 saturated carbocycles. The van der Waals surface area contributed by atoms with Gasteiger partial charge in [0.05, 0.1) is 10.3 Å². The first-order valence-corrected chi connectivity index (χ1v) is 10.2. The number of nitro groups is 1. The van der Waals surface area contributed by atoms with Crippen LogP contribution in [0.2, 0.25) is 0 Å². The number of nitrogens with zero attached hydrogens (tertiary/aromatic N) is 2. The van der Waals surface area contributed by atoms with Crippen LogP contribution in [-0.4, -0.2) is 27.2 Å². The van der Waals surface area contributed by atoms with Crippen LogP contribution in [0.1, 0.15) is 40.2 Å². The zero-order chi connectivity index (χ0) is 23.5. The van der Waals surface area contributed by atoms with E-state index in [4.69, 9.17) is 9.47 Å². The quantitative estimate of drug-likeness (QED) is 0.381. The average Bonchev–Trinajstić information content (AvgIpc) is 2.66. The third kappa shape index (κ3) is 5.94. The Hall–Kier alpha value is -3.68. The van der Waals surface area contributed by atoms with Gasteiger partial charge in [0, 0.05) is 24.1 Å². The van der Waals surface area contributed by atoms with Gasteiger partial charge in [-0.1, -0.05) is 18.2 Å². The maximum absolute atomic E-state index is 12.0. The van der Waals surface area contributed by atoms with Gasteiger partial charge in [-0.2, -0.15) is 0 Å². The van der Waals surface area contributed by atoms with E-state index < -0.39 is 22.2 Å². The van der Waals surface area contributed by atoms with Crippen LogP contribution in [0, 0.1) is 10.1 Å². The van der Waals surface area contributed by atoms with E-state index >= 15 is 0 Å². The van der Waals surface area contributed by atoms with E-state index in [1.165, 1.54) is 6.07 Å². The molecule has 168 valence electrons. The summed E-state index contributed by atoms with van der Waals surface area (Å²) in [4.78, 5) is 27.2. The summed E-state index contributed by atoms with van der Waals surface area (Å²) in [5.74, 6) is 0.950. The summed E-state index contributed by atoms with van der Waals surface area (Å²) in [6.45, 7) is 9.24. The minimum Gasteiger partial charge on any atom is -0.487 e. The van der Waals surface area contributed by atoms with E-state index in [2.05, 4.69) is 10.3 Å². The van der Waals surface area contributed by atoms with Gasteiger partial charge in [-0.15, -0.1) is 0 Å². The minimum atomic E-state index is -0.635. The second-order valence-electron chi connectivity index (χ2n) is 9.10. The third-order valence-electron chi connectivity index (χ3n) is 4.53. The third-order valence-corrected chi connectivity index (χ3v) is 4.53. The first-order valence-electron chi connectivity index (χ1n) is 10.2. The predicted molar refractivity (Wildman–Crippen MR) is 123 cm³/mol. The van der Waals surface area contributed by atoms with Crippen molar-refractivity contribution in [2.75, 3.05) is 5.32 Å². The molecule has 0 aliphatic rings. The van der Waals surface area contributed by atoms with E-state index in [9.17, 15) is 14.9 Å². The lowest BCUT2D eigenvalue weighted by Crippen LogP contribution is -2.31. The Bertz CT molecular complexity index is 1150. The number of non-ortho nitro benzene ring substituents is 1. The summed E-state index contributed by atoms with van der Waals surface area (Å²) < 4.78 is 11.6. The molecule has 3 rings (SSSR count). The van der Waals surface area contributed by atoms with Crippen LogP contribution in [-0.2, 0) is 11.2 Å². The van der Waals surface area contributed by atoms with Crippen molar-refractivity contribution in [1.29, 1.82) is 0 Å². The number of rotatable bonds is 6. The Kier molecular flexibility index (Phi) is 6.34. The van der Waals surface area contributed by atoms with Crippen LogP contribution in [0.15, 0.2) is 54.7 Å². The zero-order valence-corrected chi connectivity index (χ0v) is 18.8. The van der Waals surface area contributed by atoms with Gasteiger partial charge < -0.3 is 9.47 Å². The molecule has 0 spiro atoms. The molecule has 0 bridgehead atoms. The van der Waals surface area contributed by atoms with E-state index in [0.29, 0.717) is 28.8 Å². The highest BCUT2D eigenvalue weighted by molar-refractivity contribution is 5.95. The molecular formula is C24H27N3O5. The summed E-state index contributed by atoms with van der Waals surface area (Å²) in [5.41, 5.74) is -0.297. The first-order chi connectivity index (χ1) is 14.9. The summed E-state index contributed by atoms with van der Waals surface area (Å²) in [5, 5.41) is 15.2. The van der Waals surface area contributed by atoms with E-state index in [1.807, 2.05) is 32.0 Å². The molecule has 32 heavy (non-hydrogen) atoms. The molecule has 1 N–H and O–H groups in total. The van der Waals surface area contributed by atoms with Crippen LogP contribution < -0.4 is 10.1 Å². The molecule has 0 radical (unpaired) electrons. The van der Waals surface area contributed by atoms with Crippen molar-refractivity contribution in [2.45, 2.75) is 52.2 Å². The van der Waals surface area contributed by atoms with Crippen molar-refractivity contribution in [2.24, 2.45) is 0 Å². The SMILES string of the molecule is CC(C)(C)OC(=O)Nc1cc(CC(C)(C)Oc2ccc([N+](=O)[O-])c3ccccc23)ccn1. The van der Waals surface area contributed by atoms with Crippen molar-refractivity contribution in [3.05, 3.63) is 70.4 Å². The Morgan fingerprint density at radius 2 is 1.75 bits per heavy atom. The zero-order valence-electron chi connectivity index (χ0n) is 18.8. The number of ether oxygens (including phenoxy) is 2. The van der Waals surface area contributed by atoms with Crippen molar-refractivity contribution in [3.63, 3.8) is 0 Å². The van der Waals surface area contributed by atoms with Gasteiger partial charge in [-0.3, -0.25) is 15.4 Å². The number of amides is 1. The van der Waals surface area contributed by atoms with Crippen LogP contribution in [0.4, 0.5) is 16.3 Å². The number of anilines is 1. The number of carbonyl (C=O) groups excluding carboxylic acids is 1. The monoisotopic (exact) mass is 437 g/mol. The van der Waals surface area contributed by atoms with Crippen LogP contribution in [0.25, 0.3) is 10.8 Å². The topological polar surface area (TPSA) is 104 Å². The Morgan fingerprint density at radius 3 is 2.41 bits per heavy atom. The number of carbonyl (C=O) groups is 1. The summed E-state index contributed by atoms with van der Waals surface area (Å²) in [6, 6.07) is 13.8. The molecule has 1 heterocycles. The maximum Gasteiger partial charge on any atom is 0.413 e. The molecule has 8 heteroatoms. The number of aromatic nitrogens is 1. The van der Waals surface area contributed by atoms with Crippen molar-refractivity contribution in [3.8, 4) is 5.75 Å². The smallest absolute Gasteiger partial charge is 0.413 e. The van der Waals surface area contributed by atoms with Gasteiger partial charge >= 0.3 is 6.09 Å². The molecule has 1 aromatic heterocycles. The largest absolute Gasteiger partial charge is 0.487 e. The van der Waals surface area contributed by atoms with Crippen molar-refractivity contribution < 1.29 is 19.2 Å². The van der Waals surface area contributed by atoms with Gasteiger partial charge in [0.2, 0.25) is 0 Å². The fourth-order valence-corrected chi connectivity index (χ4v) is 3.39. The number of hydrogen-bond donors (Lipinski definition) is 1. The normalized spacial score (nSPS) is 11.8. The van der Waals surface area contributed by atoms with Gasteiger partial charge in [0.25, 0.3) is 5.69 Å². The molecule has 0 unspecified atom stereocenters. The Balaban J connectivity index is 1.78. The Morgan fingerprint density at radius 1 is 1.06 bits per heavy atom. The lowest BCUT2D eigenvalue weighted by Gasteiger charge is -2.27. The van der Waals surface area contributed by atoms with Crippen LogP contribution in [0.5, 0.6) is 5.75 Å². The average molecular weight is 437 g/mol. The van der Waals surface area contributed by atoms with Crippen molar-refractivity contribution >= 4 is 28.4 Å². The van der Waals surface area contributed by atoms with Gasteiger partial charge in [0.15, 0.2) is 0 Å². The second-order valence-corrected chi connectivity index (χ2v) is 9.10. The lowest BCUT2D eigenvalue weighted by atomic mass is 9.98. The van der Waals surface area contributed by atoms with Crippen LogP contribution >= 0.6 is 0 Å². The molecule has 0 fully saturated rings. The summed E-state index contributed by atoms with van der Waals surface area (Å²) in [6.07, 6.45) is 1.55. The van der Waals surface area contributed by atoms with Gasteiger partial charge in [-0.05, 0) is 64.4 Å². The standard InChI is InChI=1S/C24H27N3O5/c1-23(2,3)32-22(28)26-21-14-16(12-13-25-21)15-24(4,5)31-20-11-10-19(27(29)30)17-8-6-7-9-18(17)20/h6-14H,15H2,1-5H3,(H,25,26,28). The molecule has 0 aliphatic heterocycles. The van der Waals surface area contributed by atoms with E-state index in [0.717, 1.165) is 5.56 Å². The highest BCUT2D eigenvalue weighted by Crippen LogP contribution is 2.35. The lowest BCUT2D eigenvalue weighted by molar-refractivity contribution is -0.383. The molecule has 0 aliphatic carbocycles. The van der Waals surface area contributed by atoms with Crippen molar-refractivity contribution in [1.82, 2.24) is 4.98 Å². The molecular weight excluding hydrogens is 410 g/mol. The number of hydrogen-bond acceptors (Lipinski definition) is 6. The number of fused-ring (bicyclic) bond motifs is 1. The number of benzene rings is 2. The molecule has 0 saturated heterocycles. The maximum atomic E-state index is 12.0. The Labute approximate surface area is 186 Å². The molecule has 8 nitrogen and oxygen atoms in total. The van der Waals surface area contributed by atoms with Crippen LogP contribution in [0.3, 0.4) is 0 Å². The number of nitrogens with one attached hydrogen (secondary N) is 1. The minimum absolute atomic E-state index is 0.0396.